The molecule has 4 N–H and O–H groups in total. The third kappa shape index (κ3) is 2.35. The summed E-state index contributed by atoms with van der Waals surface area (Å²) in [6.07, 6.45) is 4.98. The molecule has 78 valence electrons. The summed E-state index contributed by atoms with van der Waals surface area (Å²) >= 11 is 0. The van der Waals surface area contributed by atoms with Crippen LogP contribution in [0.25, 0.3) is 0 Å². The van der Waals surface area contributed by atoms with Crippen LogP contribution in [0.4, 0.5) is 0 Å². The summed E-state index contributed by atoms with van der Waals surface area (Å²) in [6, 6.07) is 2.09. The van der Waals surface area contributed by atoms with Crippen molar-refractivity contribution in [2.45, 2.75) is 18.6 Å². The van der Waals surface area contributed by atoms with Crippen LogP contribution >= 0.6 is 0 Å². The van der Waals surface area contributed by atoms with Crippen molar-refractivity contribution in [3.63, 3.8) is 0 Å². The number of hydrogen-bond acceptors (Lipinski definition) is 3. The topological polar surface area (TPSA) is 63.1 Å². The summed E-state index contributed by atoms with van der Waals surface area (Å²) in [5.41, 5.74) is 7.19. The van der Waals surface area contributed by atoms with Gasteiger partial charge in [-0.2, -0.15) is 0 Å². The van der Waals surface area contributed by atoms with E-state index in [0.29, 0.717) is 0 Å². The minimum atomic E-state index is 0.0751. The van der Waals surface area contributed by atoms with Gasteiger partial charge in [0.15, 0.2) is 0 Å². The summed E-state index contributed by atoms with van der Waals surface area (Å²) in [5.74, 6) is 0. The number of aromatic nitrogens is 1. The van der Waals surface area contributed by atoms with E-state index in [9.17, 15) is 0 Å². The van der Waals surface area contributed by atoms with Crippen LogP contribution < -0.4 is 11.1 Å². The molecule has 0 saturated carbocycles. The lowest BCUT2D eigenvalue weighted by Gasteiger charge is -2.25. The van der Waals surface area contributed by atoms with Gasteiger partial charge in [0, 0.05) is 31.5 Å². The van der Waals surface area contributed by atoms with Crippen molar-refractivity contribution in [3.05, 3.63) is 24.0 Å². The first kappa shape index (κ1) is 9.71. The number of H-pyrrole nitrogens is 1. The molecule has 0 aromatic carbocycles. The Balaban J connectivity index is 1.84. The lowest BCUT2D eigenvalue weighted by atomic mass is 10.0. The van der Waals surface area contributed by atoms with Crippen LogP contribution in [0.15, 0.2) is 18.5 Å². The summed E-state index contributed by atoms with van der Waals surface area (Å²) in [5, 5.41) is 3.30. The molecule has 4 nitrogen and oxygen atoms in total. The lowest BCUT2D eigenvalue weighted by Crippen LogP contribution is -2.40. The Morgan fingerprint density at radius 1 is 1.64 bits per heavy atom. The van der Waals surface area contributed by atoms with Gasteiger partial charge in [-0.1, -0.05) is 0 Å². The zero-order valence-corrected chi connectivity index (χ0v) is 8.20. The van der Waals surface area contributed by atoms with Crippen LogP contribution in [-0.2, 0) is 4.74 Å². The zero-order valence-electron chi connectivity index (χ0n) is 8.20. The van der Waals surface area contributed by atoms with Gasteiger partial charge < -0.3 is 20.8 Å². The third-order valence-corrected chi connectivity index (χ3v) is 2.57. The van der Waals surface area contributed by atoms with Crippen molar-refractivity contribution < 1.29 is 4.74 Å². The monoisotopic (exact) mass is 195 g/mol. The number of ether oxygens (including phenoxy) is 1. The van der Waals surface area contributed by atoms with E-state index < -0.39 is 0 Å². The van der Waals surface area contributed by atoms with E-state index in [1.54, 1.807) is 0 Å². The SMILES string of the molecule is NC(CC1CNCCO1)c1cc[nH]c1. The van der Waals surface area contributed by atoms with E-state index in [1.807, 2.05) is 18.5 Å². The van der Waals surface area contributed by atoms with Gasteiger partial charge in [0.2, 0.25) is 0 Å². The molecule has 2 unspecified atom stereocenters. The average Bonchev–Trinajstić information content (AvgIpc) is 2.72. The van der Waals surface area contributed by atoms with E-state index in [-0.39, 0.29) is 12.1 Å². The van der Waals surface area contributed by atoms with E-state index in [4.69, 9.17) is 10.5 Å². The first-order valence-electron chi connectivity index (χ1n) is 5.07. The predicted molar refractivity (Wildman–Crippen MR) is 54.9 cm³/mol. The van der Waals surface area contributed by atoms with Crippen LogP contribution in [0, 0.1) is 0 Å². The van der Waals surface area contributed by atoms with Gasteiger partial charge in [-0.3, -0.25) is 0 Å². The first-order chi connectivity index (χ1) is 6.86. The number of nitrogens with one attached hydrogen (secondary N) is 2. The Morgan fingerprint density at radius 2 is 2.57 bits per heavy atom. The maximum Gasteiger partial charge on any atom is 0.0718 e. The fourth-order valence-electron chi connectivity index (χ4n) is 1.76. The number of rotatable bonds is 3. The second-order valence-corrected chi connectivity index (χ2v) is 3.68. The molecule has 0 radical (unpaired) electrons. The summed E-state index contributed by atoms with van der Waals surface area (Å²) in [4.78, 5) is 3.01. The molecule has 1 aromatic heterocycles. The largest absolute Gasteiger partial charge is 0.376 e. The Labute approximate surface area is 83.8 Å². The Hall–Kier alpha value is -0.840. The molecule has 0 bridgehead atoms. The van der Waals surface area contributed by atoms with Gasteiger partial charge in [-0.15, -0.1) is 0 Å². The fourth-order valence-corrected chi connectivity index (χ4v) is 1.76. The highest BCUT2D eigenvalue weighted by Gasteiger charge is 2.17. The molecule has 1 aliphatic rings. The van der Waals surface area contributed by atoms with E-state index in [2.05, 4.69) is 10.3 Å². The minimum absolute atomic E-state index is 0.0751. The number of nitrogens with two attached hydrogens (primary N) is 1. The molecular weight excluding hydrogens is 178 g/mol. The van der Waals surface area contributed by atoms with Crippen molar-refractivity contribution in [1.29, 1.82) is 0 Å². The summed E-state index contributed by atoms with van der Waals surface area (Å²) in [7, 11) is 0. The molecule has 0 amide bonds. The molecule has 4 heteroatoms. The van der Waals surface area contributed by atoms with Crippen LogP contribution in [0.3, 0.4) is 0 Å². The van der Waals surface area contributed by atoms with Crippen LogP contribution in [0.5, 0.6) is 0 Å². The maximum atomic E-state index is 6.04. The molecule has 2 heterocycles. The van der Waals surface area contributed by atoms with E-state index in [1.165, 1.54) is 0 Å². The minimum Gasteiger partial charge on any atom is -0.376 e. The number of hydrogen-bond donors (Lipinski definition) is 3. The molecule has 2 atom stereocenters. The molecular formula is C10H17N3O. The first-order valence-corrected chi connectivity index (χ1v) is 5.07. The molecule has 1 aromatic rings. The summed E-state index contributed by atoms with van der Waals surface area (Å²) in [6.45, 7) is 2.67. The Morgan fingerprint density at radius 3 is 3.21 bits per heavy atom. The molecule has 14 heavy (non-hydrogen) atoms. The van der Waals surface area contributed by atoms with Crippen molar-refractivity contribution in [2.24, 2.45) is 5.73 Å². The maximum absolute atomic E-state index is 6.04. The molecule has 1 saturated heterocycles. The van der Waals surface area contributed by atoms with Gasteiger partial charge in [0.05, 0.1) is 12.7 Å². The van der Waals surface area contributed by atoms with Gasteiger partial charge >= 0.3 is 0 Å². The predicted octanol–water partition coefficient (Wildman–Crippen LogP) is 0.393. The van der Waals surface area contributed by atoms with Crippen molar-refractivity contribution in [3.8, 4) is 0 Å². The Kier molecular flexibility index (Phi) is 3.18. The standard InChI is InChI=1S/C10H17N3O/c11-10(8-1-2-12-6-8)5-9-7-13-3-4-14-9/h1-2,6,9-10,12-13H,3-5,7,11H2. The van der Waals surface area contributed by atoms with Crippen LogP contribution in [-0.4, -0.2) is 30.8 Å². The number of morpholine rings is 1. The zero-order chi connectivity index (χ0) is 9.80. The quantitative estimate of drug-likeness (QED) is 0.654. The van der Waals surface area contributed by atoms with Gasteiger partial charge in [-0.05, 0) is 18.1 Å². The molecule has 1 aliphatic heterocycles. The van der Waals surface area contributed by atoms with Gasteiger partial charge in [0.1, 0.15) is 0 Å². The highest BCUT2D eigenvalue weighted by atomic mass is 16.5. The summed E-state index contributed by atoms with van der Waals surface area (Å²) < 4.78 is 5.59. The molecule has 0 spiro atoms. The van der Waals surface area contributed by atoms with Crippen molar-refractivity contribution in [2.75, 3.05) is 19.7 Å². The van der Waals surface area contributed by atoms with Gasteiger partial charge in [0.25, 0.3) is 0 Å². The van der Waals surface area contributed by atoms with Crippen molar-refractivity contribution >= 4 is 0 Å². The van der Waals surface area contributed by atoms with Crippen LogP contribution in [0.1, 0.15) is 18.0 Å². The van der Waals surface area contributed by atoms with E-state index >= 15 is 0 Å². The smallest absolute Gasteiger partial charge is 0.0718 e. The highest BCUT2D eigenvalue weighted by molar-refractivity contribution is 5.13. The molecule has 0 aliphatic carbocycles. The fraction of sp³-hybridized carbons (Fsp3) is 0.600. The lowest BCUT2D eigenvalue weighted by molar-refractivity contribution is 0.0195. The average molecular weight is 195 g/mol. The van der Waals surface area contributed by atoms with Crippen molar-refractivity contribution in [1.82, 2.24) is 10.3 Å². The third-order valence-electron chi connectivity index (χ3n) is 2.57. The molecule has 2 rings (SSSR count). The number of aromatic amines is 1. The second kappa shape index (κ2) is 4.59. The van der Waals surface area contributed by atoms with Gasteiger partial charge in [-0.25, -0.2) is 0 Å². The Bertz CT molecular complexity index is 254. The van der Waals surface area contributed by atoms with Crippen LogP contribution in [0.2, 0.25) is 0 Å². The normalized spacial score (nSPS) is 24.8. The highest BCUT2D eigenvalue weighted by Crippen LogP contribution is 2.16. The van der Waals surface area contributed by atoms with E-state index in [0.717, 1.165) is 31.7 Å². The second-order valence-electron chi connectivity index (χ2n) is 3.68. The molecule has 1 fully saturated rings.